The Kier molecular flexibility index (Phi) is 3.33. The van der Waals surface area contributed by atoms with Gasteiger partial charge in [0.25, 0.3) is 0 Å². The Morgan fingerprint density at radius 1 is 1.07 bits per heavy atom. The third-order valence-corrected chi connectivity index (χ3v) is 5.05. The van der Waals surface area contributed by atoms with Crippen molar-refractivity contribution < 1.29 is 0 Å². The van der Waals surface area contributed by atoms with Crippen LogP contribution in [0.3, 0.4) is 0 Å². The maximum absolute atomic E-state index is 2.46. The third-order valence-electron chi connectivity index (χ3n) is 5.05. The Morgan fingerprint density at radius 2 is 1.57 bits per heavy atom. The van der Waals surface area contributed by atoms with Gasteiger partial charge in [-0.25, -0.2) is 0 Å². The van der Waals surface area contributed by atoms with Crippen LogP contribution in [0.2, 0.25) is 0 Å². The van der Waals surface area contributed by atoms with Gasteiger partial charge in [0.15, 0.2) is 0 Å². The fourth-order valence-electron chi connectivity index (χ4n) is 2.94. The molecular weight excluding hydrogens is 168 g/mol. The van der Waals surface area contributed by atoms with Crippen molar-refractivity contribution in [3.8, 4) is 0 Å². The van der Waals surface area contributed by atoms with Crippen LogP contribution in [-0.4, -0.2) is 0 Å². The summed E-state index contributed by atoms with van der Waals surface area (Å²) in [4.78, 5) is 0. The zero-order chi connectivity index (χ0) is 11.1. The minimum atomic E-state index is 0.470. The van der Waals surface area contributed by atoms with Gasteiger partial charge < -0.3 is 0 Å². The maximum Gasteiger partial charge on any atom is -0.0354 e. The number of rotatable bonds is 2. The van der Waals surface area contributed by atoms with E-state index in [1.165, 1.54) is 6.42 Å². The van der Waals surface area contributed by atoms with Gasteiger partial charge in [0.05, 0.1) is 0 Å². The average Bonchev–Trinajstić information content (AvgIpc) is 2.09. The van der Waals surface area contributed by atoms with Crippen LogP contribution in [-0.2, 0) is 0 Å². The molecule has 0 aromatic rings. The van der Waals surface area contributed by atoms with Crippen molar-refractivity contribution in [2.45, 2.75) is 54.9 Å². The number of hydrogen-bond donors (Lipinski definition) is 0. The van der Waals surface area contributed by atoms with Crippen LogP contribution >= 0.6 is 0 Å². The smallest absolute Gasteiger partial charge is 0.0354 e. The molecule has 0 saturated heterocycles. The third kappa shape index (κ3) is 2.15. The summed E-state index contributed by atoms with van der Waals surface area (Å²) in [6.07, 6.45) is 1.46. The van der Waals surface area contributed by atoms with Crippen LogP contribution in [0.25, 0.3) is 0 Å². The molecule has 1 aliphatic carbocycles. The fourth-order valence-corrected chi connectivity index (χ4v) is 2.94. The molecule has 0 heterocycles. The predicted octanol–water partition coefficient (Wildman–Crippen LogP) is 4.60. The van der Waals surface area contributed by atoms with Gasteiger partial charge in [-0.3, -0.25) is 0 Å². The van der Waals surface area contributed by atoms with Gasteiger partial charge in [-0.05, 0) is 41.4 Å². The molecule has 1 fully saturated rings. The topological polar surface area (TPSA) is 0 Å². The summed E-state index contributed by atoms with van der Waals surface area (Å²) >= 11 is 0. The largest absolute Gasteiger partial charge is 0.0622 e. The van der Waals surface area contributed by atoms with E-state index in [2.05, 4.69) is 48.5 Å². The molecule has 0 bridgehead atoms. The zero-order valence-electron chi connectivity index (χ0n) is 11.1. The number of hydrogen-bond acceptors (Lipinski definition) is 0. The second-order valence-electron chi connectivity index (χ2n) is 6.75. The summed E-state index contributed by atoms with van der Waals surface area (Å²) in [7, 11) is 0. The first-order valence-electron chi connectivity index (χ1n) is 6.25. The maximum atomic E-state index is 2.46. The first kappa shape index (κ1) is 12.1. The molecule has 0 N–H and O–H groups in total. The summed E-state index contributed by atoms with van der Waals surface area (Å²) in [6, 6.07) is 0. The summed E-state index contributed by atoms with van der Waals surface area (Å²) < 4.78 is 0. The molecule has 0 spiro atoms. The molecule has 14 heavy (non-hydrogen) atoms. The summed E-state index contributed by atoms with van der Waals surface area (Å²) in [5.41, 5.74) is 0.470. The quantitative estimate of drug-likeness (QED) is 0.605. The lowest BCUT2D eigenvalue weighted by molar-refractivity contribution is 0.00634. The molecule has 0 aliphatic heterocycles. The lowest BCUT2D eigenvalue weighted by Crippen LogP contribution is -2.41. The van der Waals surface area contributed by atoms with E-state index in [9.17, 15) is 0 Å². The summed E-state index contributed by atoms with van der Waals surface area (Å²) in [5.74, 6) is 4.63. The highest BCUT2D eigenvalue weighted by Gasteiger charge is 2.41. The molecule has 5 unspecified atom stereocenters. The molecule has 0 amide bonds. The fraction of sp³-hybridized carbons (Fsp3) is 1.00. The molecule has 84 valence electrons. The van der Waals surface area contributed by atoms with Crippen LogP contribution in [0, 0.1) is 35.0 Å². The second-order valence-corrected chi connectivity index (χ2v) is 6.75. The highest BCUT2D eigenvalue weighted by Crippen LogP contribution is 2.49. The molecule has 0 heteroatoms. The molecular formula is C14H28. The minimum Gasteiger partial charge on any atom is -0.0622 e. The highest BCUT2D eigenvalue weighted by atomic mass is 14.5. The standard InChI is InChI=1S/C14H28/c1-9-8-13(10(9)2)11(3)12(4)14(5,6)7/h9-13H,8H2,1-7H3. The van der Waals surface area contributed by atoms with Gasteiger partial charge in [0.1, 0.15) is 0 Å². The molecule has 1 rings (SSSR count). The van der Waals surface area contributed by atoms with Gasteiger partial charge in [-0.1, -0.05) is 48.5 Å². The highest BCUT2D eigenvalue weighted by molar-refractivity contribution is 4.90. The van der Waals surface area contributed by atoms with Gasteiger partial charge >= 0.3 is 0 Å². The van der Waals surface area contributed by atoms with Crippen LogP contribution in [0.1, 0.15) is 54.9 Å². The van der Waals surface area contributed by atoms with Gasteiger partial charge in [-0.2, -0.15) is 0 Å². The van der Waals surface area contributed by atoms with E-state index in [0.717, 1.165) is 29.6 Å². The Hall–Kier alpha value is 0. The molecule has 1 saturated carbocycles. The molecule has 0 aromatic carbocycles. The van der Waals surface area contributed by atoms with Crippen molar-refractivity contribution in [1.82, 2.24) is 0 Å². The van der Waals surface area contributed by atoms with Gasteiger partial charge in [-0.15, -0.1) is 0 Å². The normalized spacial score (nSPS) is 37.5. The molecule has 1 aliphatic rings. The Bertz CT molecular complexity index is 187. The average molecular weight is 196 g/mol. The predicted molar refractivity (Wildman–Crippen MR) is 64.2 cm³/mol. The van der Waals surface area contributed by atoms with Crippen molar-refractivity contribution in [2.75, 3.05) is 0 Å². The van der Waals surface area contributed by atoms with Gasteiger partial charge in [0, 0.05) is 0 Å². The monoisotopic (exact) mass is 196 g/mol. The Balaban J connectivity index is 2.54. The van der Waals surface area contributed by atoms with E-state index in [1.807, 2.05) is 0 Å². The van der Waals surface area contributed by atoms with Crippen molar-refractivity contribution >= 4 is 0 Å². The van der Waals surface area contributed by atoms with Crippen molar-refractivity contribution in [3.63, 3.8) is 0 Å². The Labute approximate surface area is 90.5 Å². The first-order valence-corrected chi connectivity index (χ1v) is 6.25. The van der Waals surface area contributed by atoms with Crippen LogP contribution in [0.5, 0.6) is 0 Å². The second kappa shape index (κ2) is 3.87. The molecule has 5 atom stereocenters. The zero-order valence-corrected chi connectivity index (χ0v) is 11.1. The van der Waals surface area contributed by atoms with Crippen molar-refractivity contribution in [2.24, 2.45) is 35.0 Å². The van der Waals surface area contributed by atoms with Crippen molar-refractivity contribution in [3.05, 3.63) is 0 Å². The Morgan fingerprint density at radius 3 is 1.86 bits per heavy atom. The van der Waals surface area contributed by atoms with Crippen molar-refractivity contribution in [1.29, 1.82) is 0 Å². The van der Waals surface area contributed by atoms with E-state index in [-0.39, 0.29) is 0 Å². The van der Waals surface area contributed by atoms with Gasteiger partial charge in [0.2, 0.25) is 0 Å². The van der Waals surface area contributed by atoms with E-state index in [4.69, 9.17) is 0 Å². The lowest BCUT2D eigenvalue weighted by atomic mass is 9.57. The summed E-state index contributed by atoms with van der Waals surface area (Å²) in [6.45, 7) is 16.9. The minimum absolute atomic E-state index is 0.470. The van der Waals surface area contributed by atoms with E-state index < -0.39 is 0 Å². The molecule has 0 aromatic heterocycles. The lowest BCUT2D eigenvalue weighted by Gasteiger charge is -2.48. The van der Waals surface area contributed by atoms with Crippen LogP contribution < -0.4 is 0 Å². The van der Waals surface area contributed by atoms with E-state index >= 15 is 0 Å². The van der Waals surface area contributed by atoms with Crippen LogP contribution in [0.4, 0.5) is 0 Å². The molecule has 0 nitrogen and oxygen atoms in total. The van der Waals surface area contributed by atoms with E-state index in [0.29, 0.717) is 5.41 Å². The molecule has 0 radical (unpaired) electrons. The first-order chi connectivity index (χ1) is 6.25. The summed E-state index contributed by atoms with van der Waals surface area (Å²) in [5, 5.41) is 0. The van der Waals surface area contributed by atoms with E-state index in [1.54, 1.807) is 0 Å². The SMILES string of the molecule is CC1CC(C(C)C(C)C(C)(C)C)C1C. The van der Waals surface area contributed by atoms with Crippen LogP contribution in [0.15, 0.2) is 0 Å².